The maximum absolute atomic E-state index is 11.7. The summed E-state index contributed by atoms with van der Waals surface area (Å²) in [4.78, 5) is 11.7. The number of unbranched alkanes of at least 4 members (excludes halogenated alkanes) is 1. The number of hydrogen-bond donors (Lipinski definition) is 0. The summed E-state index contributed by atoms with van der Waals surface area (Å²) in [5.74, 6) is -0.280. The molecular weight excluding hydrogens is 192 g/mol. The quantitative estimate of drug-likeness (QED) is 0.401. The van der Waals surface area contributed by atoms with E-state index in [0.29, 0.717) is 12.0 Å². The van der Waals surface area contributed by atoms with Gasteiger partial charge in [0.15, 0.2) is 0 Å². The maximum atomic E-state index is 11.7. The monoisotopic (exact) mass is 214 g/mol. The molecule has 0 aromatic rings. The lowest BCUT2D eigenvalue weighted by atomic mass is 10.1. The van der Waals surface area contributed by atoms with Gasteiger partial charge in [0.1, 0.15) is 5.60 Å². The minimum atomic E-state index is -0.448. The van der Waals surface area contributed by atoms with Crippen molar-refractivity contribution in [1.29, 1.82) is 0 Å². The molecule has 0 saturated heterocycles. The van der Waals surface area contributed by atoms with Gasteiger partial charge in [-0.1, -0.05) is 13.3 Å². The van der Waals surface area contributed by atoms with Crippen molar-refractivity contribution in [3.63, 3.8) is 0 Å². The molecule has 0 aliphatic heterocycles. The summed E-state index contributed by atoms with van der Waals surface area (Å²) in [5, 5.41) is 0. The molecule has 0 aromatic carbocycles. The van der Waals surface area contributed by atoms with Crippen LogP contribution in [0.15, 0.2) is 11.8 Å². The van der Waals surface area contributed by atoms with Crippen LogP contribution in [0.3, 0.4) is 0 Å². The molecule has 0 spiro atoms. The zero-order valence-electron chi connectivity index (χ0n) is 10.4. The SMILES string of the molecule is CCCCC(=COC)C(=O)OC(C)(C)C. The maximum Gasteiger partial charge on any atom is 0.337 e. The van der Waals surface area contributed by atoms with Gasteiger partial charge in [0, 0.05) is 0 Å². The molecule has 0 N–H and O–H groups in total. The summed E-state index contributed by atoms with van der Waals surface area (Å²) in [6.07, 6.45) is 4.20. The largest absolute Gasteiger partial charge is 0.504 e. The number of hydrogen-bond acceptors (Lipinski definition) is 3. The minimum absolute atomic E-state index is 0.280. The van der Waals surface area contributed by atoms with Gasteiger partial charge in [0.2, 0.25) is 0 Å². The standard InChI is InChI=1S/C12H22O3/c1-6-7-8-10(9-14-5)11(13)15-12(2,3)4/h9H,6-8H2,1-5H3. The van der Waals surface area contributed by atoms with E-state index in [9.17, 15) is 4.79 Å². The van der Waals surface area contributed by atoms with Crippen molar-refractivity contribution in [1.82, 2.24) is 0 Å². The summed E-state index contributed by atoms with van der Waals surface area (Å²) < 4.78 is 10.1. The molecule has 0 aliphatic carbocycles. The third-order valence-corrected chi connectivity index (χ3v) is 1.72. The van der Waals surface area contributed by atoms with E-state index in [0.717, 1.165) is 12.8 Å². The van der Waals surface area contributed by atoms with E-state index in [1.807, 2.05) is 20.8 Å². The van der Waals surface area contributed by atoms with E-state index in [-0.39, 0.29) is 5.97 Å². The Bertz CT molecular complexity index is 224. The van der Waals surface area contributed by atoms with Crippen molar-refractivity contribution >= 4 is 5.97 Å². The normalized spacial score (nSPS) is 12.5. The highest BCUT2D eigenvalue weighted by atomic mass is 16.6. The molecule has 0 amide bonds. The average molecular weight is 214 g/mol. The van der Waals surface area contributed by atoms with Crippen LogP contribution in [-0.4, -0.2) is 18.7 Å². The first-order chi connectivity index (χ1) is 6.90. The fraction of sp³-hybridized carbons (Fsp3) is 0.750. The Hall–Kier alpha value is -0.990. The van der Waals surface area contributed by atoms with Crippen LogP contribution < -0.4 is 0 Å². The fourth-order valence-corrected chi connectivity index (χ4v) is 1.06. The van der Waals surface area contributed by atoms with Gasteiger partial charge in [-0.3, -0.25) is 0 Å². The summed E-state index contributed by atoms with van der Waals surface area (Å²) >= 11 is 0. The Morgan fingerprint density at radius 3 is 2.33 bits per heavy atom. The van der Waals surface area contributed by atoms with Crippen molar-refractivity contribution < 1.29 is 14.3 Å². The molecule has 0 fully saturated rings. The van der Waals surface area contributed by atoms with Crippen LogP contribution in [-0.2, 0) is 14.3 Å². The Labute approximate surface area is 92.5 Å². The molecule has 0 bridgehead atoms. The third-order valence-electron chi connectivity index (χ3n) is 1.72. The van der Waals surface area contributed by atoms with Crippen LogP contribution in [0.2, 0.25) is 0 Å². The first kappa shape index (κ1) is 14.0. The number of rotatable bonds is 5. The number of carbonyl (C=O) groups is 1. The Morgan fingerprint density at radius 2 is 1.93 bits per heavy atom. The fourth-order valence-electron chi connectivity index (χ4n) is 1.06. The van der Waals surface area contributed by atoms with E-state index < -0.39 is 5.60 Å². The summed E-state index contributed by atoms with van der Waals surface area (Å²) in [5.41, 5.74) is 0.158. The highest BCUT2D eigenvalue weighted by Gasteiger charge is 2.19. The molecule has 0 heterocycles. The second-order valence-electron chi connectivity index (χ2n) is 4.48. The van der Waals surface area contributed by atoms with Gasteiger partial charge in [-0.05, 0) is 33.6 Å². The lowest BCUT2D eigenvalue weighted by molar-refractivity contribution is -0.150. The first-order valence-corrected chi connectivity index (χ1v) is 5.36. The summed E-state index contributed by atoms with van der Waals surface area (Å²) in [6.45, 7) is 7.65. The molecule has 0 atom stereocenters. The molecule has 88 valence electrons. The van der Waals surface area contributed by atoms with Crippen molar-refractivity contribution in [3.05, 3.63) is 11.8 Å². The predicted octanol–water partition coefficient (Wildman–Crippen LogP) is 3.05. The van der Waals surface area contributed by atoms with Gasteiger partial charge >= 0.3 is 5.97 Å². The van der Waals surface area contributed by atoms with Crippen LogP contribution in [0.4, 0.5) is 0 Å². The second kappa shape index (κ2) is 6.49. The van der Waals surface area contributed by atoms with Crippen molar-refractivity contribution in [3.8, 4) is 0 Å². The molecule has 0 saturated carbocycles. The van der Waals surface area contributed by atoms with E-state index in [1.165, 1.54) is 13.4 Å². The second-order valence-corrected chi connectivity index (χ2v) is 4.48. The zero-order valence-corrected chi connectivity index (χ0v) is 10.4. The molecule has 15 heavy (non-hydrogen) atoms. The van der Waals surface area contributed by atoms with Crippen LogP contribution in [0.1, 0.15) is 47.0 Å². The lowest BCUT2D eigenvalue weighted by Gasteiger charge is -2.20. The van der Waals surface area contributed by atoms with Crippen molar-refractivity contribution in [2.45, 2.75) is 52.6 Å². The molecule has 0 rings (SSSR count). The number of ether oxygens (including phenoxy) is 2. The molecule has 0 unspecified atom stereocenters. The van der Waals surface area contributed by atoms with Gasteiger partial charge in [-0.15, -0.1) is 0 Å². The molecule has 3 nitrogen and oxygen atoms in total. The Balaban J connectivity index is 4.37. The Morgan fingerprint density at radius 1 is 1.33 bits per heavy atom. The van der Waals surface area contributed by atoms with Gasteiger partial charge < -0.3 is 9.47 Å². The highest BCUT2D eigenvalue weighted by molar-refractivity contribution is 5.88. The molecular formula is C12H22O3. The van der Waals surface area contributed by atoms with Gasteiger partial charge in [0.25, 0.3) is 0 Å². The highest BCUT2D eigenvalue weighted by Crippen LogP contribution is 2.15. The van der Waals surface area contributed by atoms with Crippen molar-refractivity contribution in [2.75, 3.05) is 7.11 Å². The number of esters is 1. The van der Waals surface area contributed by atoms with Gasteiger partial charge in [0.05, 0.1) is 18.9 Å². The van der Waals surface area contributed by atoms with Crippen molar-refractivity contribution in [2.24, 2.45) is 0 Å². The molecule has 0 aromatic heterocycles. The molecule has 0 aliphatic rings. The van der Waals surface area contributed by atoms with Gasteiger partial charge in [-0.25, -0.2) is 4.79 Å². The molecule has 3 heteroatoms. The van der Waals surface area contributed by atoms with Gasteiger partial charge in [-0.2, -0.15) is 0 Å². The van der Waals surface area contributed by atoms with E-state index in [2.05, 4.69) is 6.92 Å². The van der Waals surface area contributed by atoms with E-state index >= 15 is 0 Å². The third kappa shape index (κ3) is 7.00. The van der Waals surface area contributed by atoms with Crippen LogP contribution >= 0.6 is 0 Å². The molecule has 0 radical (unpaired) electrons. The minimum Gasteiger partial charge on any atom is -0.504 e. The van der Waals surface area contributed by atoms with E-state index in [4.69, 9.17) is 9.47 Å². The number of carbonyl (C=O) groups excluding carboxylic acids is 1. The van der Waals surface area contributed by atoms with Crippen LogP contribution in [0, 0.1) is 0 Å². The smallest absolute Gasteiger partial charge is 0.337 e. The topological polar surface area (TPSA) is 35.5 Å². The summed E-state index contributed by atoms with van der Waals surface area (Å²) in [6, 6.07) is 0. The van der Waals surface area contributed by atoms with Crippen LogP contribution in [0.25, 0.3) is 0 Å². The first-order valence-electron chi connectivity index (χ1n) is 5.36. The summed E-state index contributed by atoms with van der Waals surface area (Å²) in [7, 11) is 1.54. The Kier molecular flexibility index (Phi) is 6.06. The lowest BCUT2D eigenvalue weighted by Crippen LogP contribution is -2.25. The van der Waals surface area contributed by atoms with Crippen LogP contribution in [0.5, 0.6) is 0 Å². The number of methoxy groups -OCH3 is 1. The zero-order chi connectivity index (χ0) is 11.9. The van der Waals surface area contributed by atoms with E-state index in [1.54, 1.807) is 0 Å². The average Bonchev–Trinajstić information content (AvgIpc) is 2.09. The predicted molar refractivity (Wildman–Crippen MR) is 60.5 cm³/mol.